The van der Waals surface area contributed by atoms with Gasteiger partial charge in [0.2, 0.25) is 5.79 Å². The predicted molar refractivity (Wildman–Crippen MR) is 231 cm³/mol. The van der Waals surface area contributed by atoms with Crippen LogP contribution in [0.15, 0.2) is 125 Å². The van der Waals surface area contributed by atoms with Gasteiger partial charge in [0, 0.05) is 48.1 Å². The number of aliphatic hydroxyl groups is 2. The van der Waals surface area contributed by atoms with Crippen molar-refractivity contribution in [1.82, 2.24) is 0 Å². The molecule has 0 aromatic heterocycles. The van der Waals surface area contributed by atoms with Gasteiger partial charge < -0.3 is 29.3 Å². The quantitative estimate of drug-likeness (QED) is 0.0410. The molecule has 310 valence electrons. The molecule has 4 aromatic rings. The maximum atomic E-state index is 11.3. The first-order valence-corrected chi connectivity index (χ1v) is 21.5. The maximum absolute atomic E-state index is 11.3. The summed E-state index contributed by atoms with van der Waals surface area (Å²) < 4.78 is 21.0. The van der Waals surface area contributed by atoms with Crippen molar-refractivity contribution in [2.45, 2.75) is 87.3 Å². The molecule has 1 aliphatic heterocycles. The Kier molecular flexibility index (Phi) is 13.9. The number of nitrogens with zero attached hydrogens (tertiary/aromatic N) is 2. The van der Waals surface area contributed by atoms with E-state index in [1.54, 1.807) is 30.0 Å². The second-order valence-corrected chi connectivity index (χ2v) is 17.0. The lowest BCUT2D eigenvalue weighted by Gasteiger charge is -2.58. The van der Waals surface area contributed by atoms with Crippen molar-refractivity contribution < 1.29 is 34.2 Å². The Labute approximate surface area is 351 Å². The molecule has 11 heteroatoms. The molecule has 6 atom stereocenters. The number of non-ortho nitro benzene ring substituents is 1. The van der Waals surface area contributed by atoms with E-state index in [0.717, 1.165) is 70.1 Å². The lowest BCUT2D eigenvalue weighted by atomic mass is 9.56. The van der Waals surface area contributed by atoms with E-state index in [-0.39, 0.29) is 61.0 Å². The molecule has 0 bridgehead atoms. The standard InChI is InChI=1S/C48H54N2O8S/c1-4-26-55-48-45(59-39-13-6-5-7-14-39)30-43(49-56-31-34-17-19-36(20-18-34)50(53)54)41-28-35(12-8-10-24-51)40(15-9-11-25-52)46(47(41)48)42-29-38(22-23-44(42)58-48)57-37-21-16-32(2)33(3)27-37/h4-7,13-14,16-23,27-29,35,40,45-47,51-52H,1,8-12,15,24-26,30-31H2,2-3H3/t35-,40+,45-,46+,47+,48+/m0/s1. The number of unbranched alkanes of at least 4 members (excludes halogenated alkanes) is 2. The van der Waals surface area contributed by atoms with Crippen molar-refractivity contribution in [3.63, 3.8) is 0 Å². The van der Waals surface area contributed by atoms with Gasteiger partial charge in [0.15, 0.2) is 0 Å². The van der Waals surface area contributed by atoms with E-state index < -0.39 is 10.7 Å². The molecule has 10 nitrogen and oxygen atoms in total. The van der Waals surface area contributed by atoms with Crippen molar-refractivity contribution in [2.75, 3.05) is 19.8 Å². The van der Waals surface area contributed by atoms with E-state index in [2.05, 4.69) is 56.8 Å². The summed E-state index contributed by atoms with van der Waals surface area (Å²) in [6.45, 7) is 8.86. The predicted octanol–water partition coefficient (Wildman–Crippen LogP) is 10.6. The smallest absolute Gasteiger partial charge is 0.269 e. The van der Waals surface area contributed by atoms with Crippen LogP contribution in [-0.4, -0.2) is 51.7 Å². The van der Waals surface area contributed by atoms with Crippen molar-refractivity contribution in [3.8, 4) is 17.2 Å². The van der Waals surface area contributed by atoms with E-state index >= 15 is 0 Å². The monoisotopic (exact) mass is 818 g/mol. The number of benzene rings is 4. The van der Waals surface area contributed by atoms with Crippen LogP contribution in [0.5, 0.6) is 17.2 Å². The number of fused-ring (bicyclic) bond motifs is 2. The Balaban J connectivity index is 1.38. The van der Waals surface area contributed by atoms with Gasteiger partial charge >= 0.3 is 0 Å². The highest BCUT2D eigenvalue weighted by molar-refractivity contribution is 8.00. The van der Waals surface area contributed by atoms with Crippen molar-refractivity contribution in [1.29, 1.82) is 0 Å². The minimum absolute atomic E-state index is 0.0169. The fourth-order valence-corrected chi connectivity index (χ4v) is 10.3. The van der Waals surface area contributed by atoms with E-state index in [9.17, 15) is 20.3 Å². The minimum Gasteiger partial charge on any atom is -0.460 e. The molecule has 0 amide bonds. The summed E-state index contributed by atoms with van der Waals surface area (Å²) in [4.78, 5) is 18.1. The van der Waals surface area contributed by atoms with Crippen LogP contribution in [-0.2, 0) is 16.2 Å². The molecule has 1 heterocycles. The van der Waals surface area contributed by atoms with Crippen molar-refractivity contribution in [2.24, 2.45) is 22.9 Å². The topological polar surface area (TPSA) is 133 Å². The van der Waals surface area contributed by atoms with Gasteiger partial charge in [-0.3, -0.25) is 10.1 Å². The summed E-state index contributed by atoms with van der Waals surface area (Å²) in [5.74, 6) is 0.959. The molecule has 0 unspecified atom stereocenters. The van der Waals surface area contributed by atoms with Crippen LogP contribution in [0.4, 0.5) is 5.69 Å². The largest absolute Gasteiger partial charge is 0.460 e. The number of allylic oxidation sites excluding steroid dienone is 1. The number of nitro benzene ring substituents is 1. The van der Waals surface area contributed by atoms with Crippen LogP contribution in [0.2, 0.25) is 0 Å². The normalized spacial score (nSPS) is 23.7. The third-order valence-corrected chi connectivity index (χ3v) is 13.2. The highest BCUT2D eigenvalue weighted by Gasteiger charge is 2.64. The first-order chi connectivity index (χ1) is 28.7. The van der Waals surface area contributed by atoms with E-state index in [1.165, 1.54) is 17.7 Å². The number of nitro groups is 1. The number of aliphatic hydroxyl groups excluding tert-OH is 2. The van der Waals surface area contributed by atoms with Gasteiger partial charge in [-0.05, 0) is 128 Å². The van der Waals surface area contributed by atoms with Gasteiger partial charge in [0.1, 0.15) is 23.9 Å². The van der Waals surface area contributed by atoms with E-state index in [1.807, 2.05) is 36.4 Å². The molecule has 0 spiro atoms. The Bertz CT molecular complexity index is 2140. The Morgan fingerprint density at radius 3 is 2.37 bits per heavy atom. The minimum atomic E-state index is -1.13. The van der Waals surface area contributed by atoms with Crippen molar-refractivity contribution in [3.05, 3.63) is 148 Å². The summed E-state index contributed by atoms with van der Waals surface area (Å²) in [5.41, 5.74) is 6.00. The van der Waals surface area contributed by atoms with Crippen LogP contribution < -0.4 is 9.47 Å². The zero-order chi connectivity index (χ0) is 41.4. The van der Waals surface area contributed by atoms with E-state index in [4.69, 9.17) is 24.2 Å². The fraction of sp³-hybridized carbons (Fsp3) is 0.396. The molecule has 0 radical (unpaired) electrons. The molecular weight excluding hydrogens is 765 g/mol. The van der Waals surface area contributed by atoms with Gasteiger partial charge in [-0.1, -0.05) is 54.4 Å². The van der Waals surface area contributed by atoms with Crippen LogP contribution in [0.1, 0.15) is 73.1 Å². The summed E-state index contributed by atoms with van der Waals surface area (Å²) in [5, 5.41) is 35.7. The molecule has 0 saturated heterocycles. The molecule has 1 fully saturated rings. The molecule has 59 heavy (non-hydrogen) atoms. The fourth-order valence-electron chi connectivity index (χ4n) is 8.96. The van der Waals surface area contributed by atoms with Gasteiger partial charge in [-0.25, -0.2) is 0 Å². The average Bonchev–Trinajstić information content (AvgIpc) is 3.24. The number of hydrogen-bond acceptors (Lipinski definition) is 10. The molecule has 1 saturated carbocycles. The number of rotatable bonds is 19. The third-order valence-electron chi connectivity index (χ3n) is 11.9. The average molecular weight is 819 g/mol. The number of aryl methyl sites for hydroxylation is 2. The second-order valence-electron chi connectivity index (χ2n) is 15.7. The second kappa shape index (κ2) is 19.4. The molecule has 2 aliphatic carbocycles. The number of hydrogen-bond donors (Lipinski definition) is 2. The summed E-state index contributed by atoms with van der Waals surface area (Å²) in [6, 6.07) is 28.8. The van der Waals surface area contributed by atoms with Crippen LogP contribution >= 0.6 is 11.8 Å². The Hall–Kier alpha value is -4.94. The zero-order valence-corrected chi connectivity index (χ0v) is 34.7. The molecule has 7 rings (SSSR count). The number of oxime groups is 1. The highest BCUT2D eigenvalue weighted by Crippen LogP contribution is 2.63. The zero-order valence-electron chi connectivity index (χ0n) is 33.8. The van der Waals surface area contributed by atoms with Gasteiger partial charge in [-0.2, -0.15) is 0 Å². The van der Waals surface area contributed by atoms with Crippen LogP contribution in [0.25, 0.3) is 0 Å². The third kappa shape index (κ3) is 9.44. The van der Waals surface area contributed by atoms with Crippen molar-refractivity contribution >= 4 is 23.2 Å². The first kappa shape index (κ1) is 42.2. The molecule has 3 aliphatic rings. The summed E-state index contributed by atoms with van der Waals surface area (Å²) >= 11 is 1.70. The molecular formula is C48H54N2O8S. The van der Waals surface area contributed by atoms with Gasteiger partial charge in [-0.15, -0.1) is 18.3 Å². The summed E-state index contributed by atoms with van der Waals surface area (Å²) in [7, 11) is 0. The Morgan fingerprint density at radius 1 is 0.932 bits per heavy atom. The van der Waals surface area contributed by atoms with Gasteiger partial charge in [0.25, 0.3) is 5.69 Å². The Morgan fingerprint density at radius 2 is 1.66 bits per heavy atom. The number of thioether (sulfide) groups is 1. The SMILES string of the molecule is C=CCO[C@@]12Oc3ccc(Oc4ccc(C)c(C)c4)cc3[C@H]3[C@H](CCCCO)[C@@H](CCCCO)C=C(C(=NOCc4ccc([N+](=O)[O-])cc4)C[C@@H]1Sc1ccccc1)[C@H]32. The first-order valence-electron chi connectivity index (χ1n) is 20.6. The molecule has 2 N–H and O–H groups in total. The van der Waals surface area contributed by atoms with Crippen LogP contribution in [0.3, 0.4) is 0 Å². The maximum Gasteiger partial charge on any atom is 0.269 e. The highest BCUT2D eigenvalue weighted by atomic mass is 32.2. The van der Waals surface area contributed by atoms with E-state index in [0.29, 0.717) is 25.0 Å². The lowest BCUT2D eigenvalue weighted by molar-refractivity contribution is -0.384. The lowest BCUT2D eigenvalue weighted by Crippen LogP contribution is -2.64. The van der Waals surface area contributed by atoms with Gasteiger partial charge in [0.05, 0.1) is 28.4 Å². The van der Waals surface area contributed by atoms with Crippen LogP contribution in [0, 0.1) is 41.7 Å². The molecule has 4 aromatic carbocycles. The number of ether oxygens (including phenoxy) is 3. The summed E-state index contributed by atoms with van der Waals surface area (Å²) in [6.07, 6.45) is 9.45.